The van der Waals surface area contributed by atoms with E-state index in [0.717, 1.165) is 30.2 Å². The van der Waals surface area contributed by atoms with E-state index in [1.54, 1.807) is 6.07 Å². The lowest BCUT2D eigenvalue weighted by molar-refractivity contribution is 0.654. The number of likely N-dealkylation sites (N-methyl/N-ethyl adjacent to an activating group) is 1. The summed E-state index contributed by atoms with van der Waals surface area (Å²) in [5.74, 6) is 1.30. The van der Waals surface area contributed by atoms with Crippen molar-refractivity contribution in [2.45, 2.75) is 13.0 Å². The molecule has 4 rings (SSSR count). The summed E-state index contributed by atoms with van der Waals surface area (Å²) in [6.45, 7) is 3.65. The zero-order valence-corrected chi connectivity index (χ0v) is 17.8. The molecule has 0 aliphatic carbocycles. The van der Waals surface area contributed by atoms with Gasteiger partial charge in [-0.25, -0.2) is 4.99 Å². The summed E-state index contributed by atoms with van der Waals surface area (Å²) in [7, 11) is 1.93. The Kier molecular flexibility index (Phi) is 6.40. The fourth-order valence-corrected chi connectivity index (χ4v) is 3.61. The first kappa shape index (κ1) is 20.8. The summed E-state index contributed by atoms with van der Waals surface area (Å²) in [5, 5.41) is 10.0. The Morgan fingerprint density at radius 1 is 1.00 bits per heavy atom. The van der Waals surface area contributed by atoms with Crippen molar-refractivity contribution in [3.63, 3.8) is 0 Å². The first-order chi connectivity index (χ1) is 15.2. The van der Waals surface area contributed by atoms with Gasteiger partial charge in [0.15, 0.2) is 5.43 Å². The maximum absolute atomic E-state index is 13.1. The zero-order chi connectivity index (χ0) is 21.6. The predicted molar refractivity (Wildman–Crippen MR) is 129 cm³/mol. The molecule has 0 saturated carbocycles. The van der Waals surface area contributed by atoms with E-state index >= 15 is 0 Å². The SMILES string of the molecule is CNCCNC1C=Cc2c(n(-c3ccccc3)c(Nc3ccccc3)cc2=O)N=C1C. The highest BCUT2D eigenvalue weighted by Crippen LogP contribution is 2.31. The molecular weight excluding hydrogens is 386 g/mol. The summed E-state index contributed by atoms with van der Waals surface area (Å²) in [6, 6.07) is 21.4. The molecule has 6 heteroatoms. The van der Waals surface area contributed by atoms with Gasteiger partial charge in [-0.1, -0.05) is 42.5 Å². The Morgan fingerprint density at radius 2 is 1.71 bits per heavy atom. The smallest absolute Gasteiger partial charge is 0.193 e. The number of aliphatic imine (C=N–C) groups is 1. The summed E-state index contributed by atoms with van der Waals surface area (Å²) in [6.07, 6.45) is 3.90. The molecule has 31 heavy (non-hydrogen) atoms. The van der Waals surface area contributed by atoms with E-state index < -0.39 is 0 Å². The van der Waals surface area contributed by atoms with Gasteiger partial charge >= 0.3 is 0 Å². The van der Waals surface area contributed by atoms with Crippen molar-refractivity contribution in [3.8, 4) is 5.69 Å². The van der Waals surface area contributed by atoms with Crippen LogP contribution < -0.4 is 21.4 Å². The highest BCUT2D eigenvalue weighted by Gasteiger charge is 2.20. The molecule has 0 spiro atoms. The van der Waals surface area contributed by atoms with Gasteiger partial charge in [-0.3, -0.25) is 9.36 Å². The van der Waals surface area contributed by atoms with Gasteiger partial charge in [-0.2, -0.15) is 0 Å². The Bertz CT molecular complexity index is 1150. The van der Waals surface area contributed by atoms with Gasteiger partial charge in [0.1, 0.15) is 11.6 Å². The second-order valence-corrected chi connectivity index (χ2v) is 7.44. The Labute approximate surface area is 182 Å². The minimum absolute atomic E-state index is 0.0325. The van der Waals surface area contributed by atoms with Gasteiger partial charge < -0.3 is 16.0 Å². The van der Waals surface area contributed by atoms with Crippen LogP contribution in [0.1, 0.15) is 12.5 Å². The molecular formula is C25H27N5O. The van der Waals surface area contributed by atoms with Crippen LogP contribution in [0.4, 0.5) is 17.3 Å². The fourth-order valence-electron chi connectivity index (χ4n) is 3.61. The number of aromatic nitrogens is 1. The monoisotopic (exact) mass is 413 g/mol. The lowest BCUT2D eigenvalue weighted by atomic mass is 10.1. The van der Waals surface area contributed by atoms with Gasteiger partial charge in [0, 0.05) is 36.2 Å². The molecule has 6 nitrogen and oxygen atoms in total. The zero-order valence-electron chi connectivity index (χ0n) is 17.8. The van der Waals surface area contributed by atoms with Crippen LogP contribution >= 0.6 is 0 Å². The number of hydrogen-bond donors (Lipinski definition) is 3. The third-order valence-electron chi connectivity index (χ3n) is 5.21. The van der Waals surface area contributed by atoms with Crippen LogP contribution in [0.2, 0.25) is 0 Å². The van der Waals surface area contributed by atoms with Crippen LogP contribution in [0.3, 0.4) is 0 Å². The molecule has 1 aromatic heterocycles. The summed E-state index contributed by atoms with van der Waals surface area (Å²) in [4.78, 5) is 18.0. The molecule has 0 saturated heterocycles. The molecule has 2 heterocycles. The van der Waals surface area contributed by atoms with Crippen molar-refractivity contribution in [2.24, 2.45) is 4.99 Å². The highest BCUT2D eigenvalue weighted by atomic mass is 16.1. The van der Waals surface area contributed by atoms with E-state index in [-0.39, 0.29) is 11.5 Å². The van der Waals surface area contributed by atoms with Gasteiger partial charge in [0.25, 0.3) is 0 Å². The van der Waals surface area contributed by atoms with Crippen molar-refractivity contribution < 1.29 is 0 Å². The normalized spacial score (nSPS) is 15.2. The van der Waals surface area contributed by atoms with Gasteiger partial charge in [0.2, 0.25) is 0 Å². The van der Waals surface area contributed by atoms with E-state index in [0.29, 0.717) is 17.2 Å². The molecule has 0 radical (unpaired) electrons. The Hall–Kier alpha value is -3.48. The van der Waals surface area contributed by atoms with Crippen LogP contribution in [-0.2, 0) is 0 Å². The first-order valence-corrected chi connectivity index (χ1v) is 10.5. The summed E-state index contributed by atoms with van der Waals surface area (Å²) >= 11 is 0. The number of benzene rings is 2. The van der Waals surface area contributed by atoms with Crippen LogP contribution in [0.15, 0.2) is 82.6 Å². The van der Waals surface area contributed by atoms with Crippen molar-refractivity contribution in [2.75, 3.05) is 25.5 Å². The van der Waals surface area contributed by atoms with E-state index in [1.807, 2.05) is 91.4 Å². The lowest BCUT2D eigenvalue weighted by Crippen LogP contribution is -2.37. The Balaban J connectivity index is 1.86. The van der Waals surface area contributed by atoms with Gasteiger partial charge in [-0.05, 0) is 44.3 Å². The van der Waals surface area contributed by atoms with E-state index in [9.17, 15) is 4.79 Å². The van der Waals surface area contributed by atoms with Gasteiger partial charge in [0.05, 0.1) is 11.6 Å². The topological polar surface area (TPSA) is 70.4 Å². The number of pyridine rings is 1. The number of para-hydroxylation sites is 2. The molecule has 158 valence electrons. The average Bonchev–Trinajstić information content (AvgIpc) is 2.94. The fraction of sp³-hybridized carbons (Fsp3) is 0.200. The third-order valence-corrected chi connectivity index (χ3v) is 5.21. The van der Waals surface area contributed by atoms with Crippen molar-refractivity contribution in [1.82, 2.24) is 15.2 Å². The number of anilines is 2. The van der Waals surface area contributed by atoms with E-state index in [2.05, 4.69) is 16.0 Å². The number of rotatable bonds is 7. The molecule has 1 atom stereocenters. The van der Waals surface area contributed by atoms with Crippen molar-refractivity contribution in [1.29, 1.82) is 0 Å². The molecule has 0 amide bonds. The molecule has 1 unspecified atom stereocenters. The number of nitrogens with zero attached hydrogens (tertiary/aromatic N) is 2. The largest absolute Gasteiger partial charge is 0.341 e. The average molecular weight is 414 g/mol. The molecule has 1 aliphatic rings. The van der Waals surface area contributed by atoms with Gasteiger partial charge in [-0.15, -0.1) is 0 Å². The standard InChI is InChI=1S/C25H27N5O/c1-18-22(27-16-15-26-2)14-13-21-23(31)17-24(29-19-9-5-3-6-10-19)30(25(21)28-18)20-11-7-4-8-12-20/h3-14,17,22,26-27,29H,15-16H2,1-2H3. The molecule has 0 fully saturated rings. The van der Waals surface area contributed by atoms with Crippen LogP contribution in [0.25, 0.3) is 11.8 Å². The summed E-state index contributed by atoms with van der Waals surface area (Å²) in [5.41, 5.74) is 3.27. The highest BCUT2D eigenvalue weighted by molar-refractivity contribution is 5.94. The van der Waals surface area contributed by atoms with Crippen molar-refractivity contribution in [3.05, 3.63) is 88.6 Å². The lowest BCUT2D eigenvalue weighted by Gasteiger charge is -2.20. The minimum atomic E-state index is -0.0655. The minimum Gasteiger partial charge on any atom is -0.341 e. The molecule has 1 aliphatic heterocycles. The maximum Gasteiger partial charge on any atom is 0.193 e. The van der Waals surface area contributed by atoms with Crippen LogP contribution in [-0.4, -0.2) is 36.5 Å². The molecule has 3 aromatic rings. The van der Waals surface area contributed by atoms with Crippen LogP contribution in [0.5, 0.6) is 0 Å². The maximum atomic E-state index is 13.1. The first-order valence-electron chi connectivity index (χ1n) is 10.5. The molecule has 0 bridgehead atoms. The van der Waals surface area contributed by atoms with Crippen LogP contribution in [0, 0.1) is 0 Å². The molecule has 3 N–H and O–H groups in total. The number of hydrogen-bond acceptors (Lipinski definition) is 5. The third kappa shape index (κ3) is 4.66. The second kappa shape index (κ2) is 9.55. The Morgan fingerprint density at radius 3 is 2.42 bits per heavy atom. The molecule has 2 aromatic carbocycles. The van der Waals surface area contributed by atoms with Crippen molar-refractivity contribution >= 4 is 29.1 Å². The quantitative estimate of drug-likeness (QED) is 0.514. The second-order valence-electron chi connectivity index (χ2n) is 7.44. The summed E-state index contributed by atoms with van der Waals surface area (Å²) < 4.78 is 2.01. The number of nitrogens with one attached hydrogen (secondary N) is 3. The number of fused-ring (bicyclic) bond motifs is 1. The predicted octanol–water partition coefficient (Wildman–Crippen LogP) is 3.88. The van der Waals surface area contributed by atoms with E-state index in [4.69, 9.17) is 4.99 Å². The van der Waals surface area contributed by atoms with E-state index in [1.165, 1.54) is 0 Å².